The number of ether oxygens (including phenoxy) is 2. The van der Waals surface area contributed by atoms with Crippen LogP contribution in [0, 0.1) is 0 Å². The summed E-state index contributed by atoms with van der Waals surface area (Å²) in [6.07, 6.45) is 9.18. The Hall–Kier alpha value is -1.02. The first-order chi connectivity index (χ1) is 6.24. The molecular weight excluding hydrogens is 164 g/mol. The SMILES string of the molecule is COC.COC1=CC=C(C)C=CC1. The highest BCUT2D eigenvalue weighted by molar-refractivity contribution is 5.27. The van der Waals surface area contributed by atoms with Crippen molar-refractivity contribution in [1.82, 2.24) is 0 Å². The van der Waals surface area contributed by atoms with E-state index in [0.717, 1.165) is 12.2 Å². The number of allylic oxidation sites excluding steroid dienone is 5. The Bertz CT molecular complexity index is 212. The molecule has 0 aromatic carbocycles. The molecule has 0 atom stereocenters. The smallest absolute Gasteiger partial charge is 0.0993 e. The zero-order chi connectivity index (χ0) is 10.1. The van der Waals surface area contributed by atoms with Gasteiger partial charge < -0.3 is 9.47 Å². The van der Waals surface area contributed by atoms with Crippen LogP contribution in [0.4, 0.5) is 0 Å². The molecule has 74 valence electrons. The van der Waals surface area contributed by atoms with E-state index in [1.165, 1.54) is 5.57 Å². The molecule has 1 aliphatic rings. The molecule has 0 fully saturated rings. The van der Waals surface area contributed by atoms with Crippen LogP contribution in [-0.2, 0) is 9.47 Å². The first-order valence-corrected chi connectivity index (χ1v) is 4.22. The van der Waals surface area contributed by atoms with Gasteiger partial charge in [0.25, 0.3) is 0 Å². The van der Waals surface area contributed by atoms with Gasteiger partial charge in [0.2, 0.25) is 0 Å². The number of hydrogen-bond acceptors (Lipinski definition) is 2. The van der Waals surface area contributed by atoms with E-state index < -0.39 is 0 Å². The summed E-state index contributed by atoms with van der Waals surface area (Å²) in [7, 11) is 4.95. The summed E-state index contributed by atoms with van der Waals surface area (Å²) in [6, 6.07) is 0. The lowest BCUT2D eigenvalue weighted by Crippen LogP contribution is -1.81. The molecule has 0 saturated heterocycles. The van der Waals surface area contributed by atoms with Crippen molar-refractivity contribution < 1.29 is 9.47 Å². The van der Waals surface area contributed by atoms with Crippen LogP contribution < -0.4 is 0 Å². The van der Waals surface area contributed by atoms with Crippen LogP contribution in [0.2, 0.25) is 0 Å². The fraction of sp³-hybridized carbons (Fsp3) is 0.455. The topological polar surface area (TPSA) is 18.5 Å². The van der Waals surface area contributed by atoms with Crippen LogP contribution in [0.25, 0.3) is 0 Å². The van der Waals surface area contributed by atoms with Gasteiger partial charge in [0.05, 0.1) is 12.9 Å². The highest BCUT2D eigenvalue weighted by Gasteiger charge is 1.93. The van der Waals surface area contributed by atoms with Gasteiger partial charge in [0, 0.05) is 20.6 Å². The fourth-order valence-electron chi connectivity index (χ4n) is 0.860. The predicted octanol–water partition coefficient (Wildman–Crippen LogP) is 2.69. The van der Waals surface area contributed by atoms with E-state index in [2.05, 4.69) is 29.9 Å². The van der Waals surface area contributed by atoms with Gasteiger partial charge in [0.1, 0.15) is 0 Å². The summed E-state index contributed by atoms with van der Waals surface area (Å²) in [5, 5.41) is 0. The average Bonchev–Trinajstić information content (AvgIpc) is 2.31. The highest BCUT2D eigenvalue weighted by Crippen LogP contribution is 2.10. The number of methoxy groups -OCH3 is 2. The minimum absolute atomic E-state index is 0.907. The van der Waals surface area contributed by atoms with Crippen LogP contribution in [-0.4, -0.2) is 21.3 Å². The molecule has 1 aliphatic carbocycles. The van der Waals surface area contributed by atoms with E-state index in [1.807, 2.05) is 6.08 Å². The highest BCUT2D eigenvalue weighted by atomic mass is 16.5. The Morgan fingerprint density at radius 3 is 2.31 bits per heavy atom. The monoisotopic (exact) mass is 182 g/mol. The van der Waals surface area contributed by atoms with E-state index >= 15 is 0 Å². The Morgan fingerprint density at radius 1 is 1.15 bits per heavy atom. The molecule has 0 heterocycles. The van der Waals surface area contributed by atoms with Crippen molar-refractivity contribution in [3.63, 3.8) is 0 Å². The third-order valence-corrected chi connectivity index (χ3v) is 1.49. The van der Waals surface area contributed by atoms with E-state index in [1.54, 1.807) is 21.3 Å². The average molecular weight is 182 g/mol. The number of hydrogen-bond donors (Lipinski definition) is 0. The molecule has 0 aromatic rings. The normalized spacial score (nSPS) is 14.8. The maximum absolute atomic E-state index is 5.08. The molecular formula is C11H18O2. The van der Waals surface area contributed by atoms with Crippen molar-refractivity contribution in [1.29, 1.82) is 0 Å². The van der Waals surface area contributed by atoms with Crippen molar-refractivity contribution in [2.45, 2.75) is 13.3 Å². The molecule has 0 radical (unpaired) electrons. The molecule has 0 saturated carbocycles. The minimum atomic E-state index is 0.907. The van der Waals surface area contributed by atoms with E-state index in [4.69, 9.17) is 4.74 Å². The third-order valence-electron chi connectivity index (χ3n) is 1.49. The Morgan fingerprint density at radius 2 is 1.77 bits per heavy atom. The summed E-state index contributed by atoms with van der Waals surface area (Å²) < 4.78 is 9.33. The first-order valence-electron chi connectivity index (χ1n) is 4.22. The summed E-state index contributed by atoms with van der Waals surface area (Å²) >= 11 is 0. The van der Waals surface area contributed by atoms with Crippen LogP contribution in [0.1, 0.15) is 13.3 Å². The summed E-state index contributed by atoms with van der Waals surface area (Å²) in [6.45, 7) is 2.08. The Balaban J connectivity index is 0.000000424. The Kier molecular flexibility index (Phi) is 7.02. The van der Waals surface area contributed by atoms with Crippen molar-refractivity contribution in [2.24, 2.45) is 0 Å². The zero-order valence-electron chi connectivity index (χ0n) is 8.83. The van der Waals surface area contributed by atoms with Gasteiger partial charge in [-0.25, -0.2) is 0 Å². The molecule has 1 rings (SSSR count). The first kappa shape index (κ1) is 12.0. The van der Waals surface area contributed by atoms with Crippen molar-refractivity contribution in [3.8, 4) is 0 Å². The lowest BCUT2D eigenvalue weighted by Gasteiger charge is -1.98. The molecule has 13 heavy (non-hydrogen) atoms. The molecule has 0 amide bonds. The van der Waals surface area contributed by atoms with Crippen LogP contribution in [0.5, 0.6) is 0 Å². The fourth-order valence-corrected chi connectivity index (χ4v) is 0.860. The van der Waals surface area contributed by atoms with E-state index in [9.17, 15) is 0 Å². The van der Waals surface area contributed by atoms with Gasteiger partial charge in [-0.2, -0.15) is 0 Å². The van der Waals surface area contributed by atoms with Gasteiger partial charge >= 0.3 is 0 Å². The Labute approximate surface area is 80.5 Å². The lowest BCUT2D eigenvalue weighted by atomic mass is 10.3. The van der Waals surface area contributed by atoms with Gasteiger partial charge in [-0.05, 0) is 13.0 Å². The van der Waals surface area contributed by atoms with Crippen LogP contribution in [0.15, 0.2) is 35.6 Å². The van der Waals surface area contributed by atoms with E-state index in [-0.39, 0.29) is 0 Å². The van der Waals surface area contributed by atoms with Crippen LogP contribution in [0.3, 0.4) is 0 Å². The minimum Gasteiger partial charge on any atom is -0.501 e. The molecule has 2 heteroatoms. The molecule has 0 bridgehead atoms. The predicted molar refractivity (Wildman–Crippen MR) is 55.5 cm³/mol. The summed E-state index contributed by atoms with van der Waals surface area (Å²) in [5.41, 5.74) is 1.27. The third kappa shape index (κ3) is 6.17. The second kappa shape index (κ2) is 7.62. The zero-order valence-corrected chi connectivity index (χ0v) is 8.83. The molecule has 2 nitrogen and oxygen atoms in total. The van der Waals surface area contributed by atoms with Gasteiger partial charge in [-0.1, -0.05) is 23.8 Å². The van der Waals surface area contributed by atoms with Crippen molar-refractivity contribution in [2.75, 3.05) is 21.3 Å². The maximum Gasteiger partial charge on any atom is 0.0993 e. The van der Waals surface area contributed by atoms with Gasteiger partial charge in [-0.15, -0.1) is 0 Å². The summed E-state index contributed by atoms with van der Waals surface area (Å²) in [4.78, 5) is 0. The lowest BCUT2D eigenvalue weighted by molar-refractivity contribution is 0.277. The summed E-state index contributed by atoms with van der Waals surface area (Å²) in [5.74, 6) is 1.02. The second-order valence-electron chi connectivity index (χ2n) is 2.76. The molecule has 0 unspecified atom stereocenters. The molecule has 0 aliphatic heterocycles. The van der Waals surface area contributed by atoms with Gasteiger partial charge in [0.15, 0.2) is 0 Å². The van der Waals surface area contributed by atoms with Crippen molar-refractivity contribution >= 4 is 0 Å². The molecule has 0 spiro atoms. The second-order valence-corrected chi connectivity index (χ2v) is 2.76. The van der Waals surface area contributed by atoms with Crippen molar-refractivity contribution in [3.05, 3.63) is 35.6 Å². The van der Waals surface area contributed by atoms with Crippen LogP contribution >= 0.6 is 0 Å². The number of rotatable bonds is 1. The molecule has 0 aromatic heterocycles. The van der Waals surface area contributed by atoms with Gasteiger partial charge in [-0.3, -0.25) is 0 Å². The standard InChI is InChI=1S/C9H12O.C2H6O/c1-8-4-3-5-9(10-2)7-6-8;1-3-2/h3-4,6-7H,5H2,1-2H3;1-2H3. The maximum atomic E-state index is 5.08. The quantitative estimate of drug-likeness (QED) is 0.620. The van der Waals surface area contributed by atoms with E-state index in [0.29, 0.717) is 0 Å². The molecule has 0 N–H and O–H groups in total. The largest absolute Gasteiger partial charge is 0.501 e.